The molecule has 1 aromatic rings. The van der Waals surface area contributed by atoms with Crippen LogP contribution in [0.3, 0.4) is 0 Å². The SMILES string of the molecule is CC(C)CNC(=O)C1CSCN1S(=O)(=O)c1ccc(Cl)c(Cl)c1. The number of nitrogens with one attached hydrogen (secondary N) is 1. The van der Waals surface area contributed by atoms with Crippen LogP contribution in [0.15, 0.2) is 23.1 Å². The number of benzene rings is 1. The molecular formula is C14H18Cl2N2O3S2. The van der Waals surface area contributed by atoms with Gasteiger partial charge in [-0.25, -0.2) is 8.42 Å². The number of hydrogen-bond donors (Lipinski definition) is 1. The van der Waals surface area contributed by atoms with E-state index in [0.717, 1.165) is 0 Å². The van der Waals surface area contributed by atoms with Crippen LogP contribution >= 0.6 is 35.0 Å². The van der Waals surface area contributed by atoms with E-state index < -0.39 is 16.1 Å². The van der Waals surface area contributed by atoms with E-state index in [1.165, 1.54) is 34.3 Å². The lowest BCUT2D eigenvalue weighted by molar-refractivity contribution is -0.123. The molecule has 1 atom stereocenters. The van der Waals surface area contributed by atoms with Gasteiger partial charge in [0.25, 0.3) is 0 Å². The van der Waals surface area contributed by atoms with Crippen LogP contribution in [0, 0.1) is 5.92 Å². The Labute approximate surface area is 150 Å². The quantitative estimate of drug-likeness (QED) is 0.830. The number of sulfonamides is 1. The van der Waals surface area contributed by atoms with Crippen molar-refractivity contribution in [3.05, 3.63) is 28.2 Å². The number of hydrogen-bond acceptors (Lipinski definition) is 4. The van der Waals surface area contributed by atoms with Crippen molar-refractivity contribution in [1.29, 1.82) is 0 Å². The summed E-state index contributed by atoms with van der Waals surface area (Å²) in [4.78, 5) is 12.3. The Balaban J connectivity index is 2.23. The highest BCUT2D eigenvalue weighted by Gasteiger charge is 2.40. The molecule has 1 saturated heterocycles. The number of carbonyl (C=O) groups is 1. The smallest absolute Gasteiger partial charge is 0.244 e. The minimum absolute atomic E-state index is 0.0380. The molecule has 1 amide bonds. The van der Waals surface area contributed by atoms with E-state index in [4.69, 9.17) is 23.2 Å². The molecule has 9 heteroatoms. The standard InChI is InChI=1S/C14H18Cl2N2O3S2/c1-9(2)6-17-14(19)13-7-22-8-18(13)23(20,21)10-3-4-11(15)12(16)5-10/h3-5,9,13H,6-8H2,1-2H3,(H,17,19). The fourth-order valence-corrected chi connectivity index (χ4v) is 5.60. The Morgan fingerprint density at radius 2 is 2.09 bits per heavy atom. The third-order valence-electron chi connectivity index (χ3n) is 3.33. The van der Waals surface area contributed by atoms with E-state index in [0.29, 0.717) is 18.2 Å². The largest absolute Gasteiger partial charge is 0.354 e. The summed E-state index contributed by atoms with van der Waals surface area (Å²) in [6.45, 7) is 4.47. The minimum Gasteiger partial charge on any atom is -0.354 e. The Kier molecular flexibility index (Phi) is 6.24. The topological polar surface area (TPSA) is 66.5 Å². The van der Waals surface area contributed by atoms with Crippen LogP contribution in [-0.4, -0.2) is 42.8 Å². The molecule has 0 spiro atoms. The third kappa shape index (κ3) is 4.33. The maximum Gasteiger partial charge on any atom is 0.244 e. The van der Waals surface area contributed by atoms with E-state index in [9.17, 15) is 13.2 Å². The van der Waals surface area contributed by atoms with Crippen molar-refractivity contribution in [1.82, 2.24) is 9.62 Å². The van der Waals surface area contributed by atoms with Gasteiger partial charge in [-0.2, -0.15) is 4.31 Å². The van der Waals surface area contributed by atoms with Crippen LogP contribution in [0.5, 0.6) is 0 Å². The zero-order valence-electron chi connectivity index (χ0n) is 12.8. The molecule has 1 aromatic carbocycles. The summed E-state index contributed by atoms with van der Waals surface area (Å²) in [6, 6.07) is 3.44. The van der Waals surface area contributed by atoms with Crippen LogP contribution in [0.2, 0.25) is 10.0 Å². The number of carbonyl (C=O) groups excluding carboxylic acids is 1. The molecule has 1 N–H and O–H groups in total. The molecule has 2 rings (SSSR count). The van der Waals surface area contributed by atoms with Crippen LogP contribution in [0.1, 0.15) is 13.8 Å². The first kappa shape index (κ1) is 18.9. The molecule has 1 aliphatic heterocycles. The highest BCUT2D eigenvalue weighted by atomic mass is 35.5. The Morgan fingerprint density at radius 1 is 1.39 bits per heavy atom. The summed E-state index contributed by atoms with van der Waals surface area (Å²) in [5.41, 5.74) is 0. The molecule has 0 aromatic heterocycles. The van der Waals surface area contributed by atoms with Gasteiger partial charge in [-0.05, 0) is 24.1 Å². The number of nitrogens with zero attached hydrogens (tertiary/aromatic N) is 1. The van der Waals surface area contributed by atoms with Crippen molar-refractivity contribution in [3.63, 3.8) is 0 Å². The Hall–Kier alpha value is -0.470. The van der Waals surface area contributed by atoms with Crippen molar-refractivity contribution >= 4 is 50.9 Å². The van der Waals surface area contributed by atoms with Crippen LogP contribution in [0.4, 0.5) is 0 Å². The summed E-state index contributed by atoms with van der Waals surface area (Å²) in [5, 5.41) is 3.24. The second kappa shape index (κ2) is 7.61. The van der Waals surface area contributed by atoms with Gasteiger partial charge in [0.1, 0.15) is 6.04 Å². The van der Waals surface area contributed by atoms with Crippen LogP contribution in [-0.2, 0) is 14.8 Å². The summed E-state index contributed by atoms with van der Waals surface area (Å²) < 4.78 is 26.8. The van der Waals surface area contributed by atoms with Crippen molar-refractivity contribution in [2.75, 3.05) is 18.2 Å². The second-order valence-electron chi connectivity index (χ2n) is 5.62. The van der Waals surface area contributed by atoms with Gasteiger partial charge in [0.2, 0.25) is 15.9 Å². The van der Waals surface area contributed by atoms with Gasteiger partial charge in [0.15, 0.2) is 0 Å². The summed E-state index contributed by atoms with van der Waals surface area (Å²) in [7, 11) is -3.80. The summed E-state index contributed by atoms with van der Waals surface area (Å²) in [5.74, 6) is 0.702. The van der Waals surface area contributed by atoms with Gasteiger partial charge < -0.3 is 5.32 Å². The molecule has 0 aliphatic carbocycles. The fraction of sp³-hybridized carbons (Fsp3) is 0.500. The molecule has 1 fully saturated rings. The van der Waals surface area contributed by atoms with E-state index >= 15 is 0 Å². The predicted molar refractivity (Wildman–Crippen MR) is 94.4 cm³/mol. The van der Waals surface area contributed by atoms with E-state index in [1.807, 2.05) is 13.8 Å². The lowest BCUT2D eigenvalue weighted by Crippen LogP contribution is -2.47. The van der Waals surface area contributed by atoms with Gasteiger partial charge in [0, 0.05) is 12.3 Å². The van der Waals surface area contributed by atoms with Gasteiger partial charge >= 0.3 is 0 Å². The maximum atomic E-state index is 12.8. The fourth-order valence-electron chi connectivity index (χ4n) is 2.07. The number of amides is 1. The van der Waals surface area contributed by atoms with E-state index in [2.05, 4.69) is 5.32 Å². The van der Waals surface area contributed by atoms with Crippen molar-refractivity contribution in [2.45, 2.75) is 24.8 Å². The zero-order chi connectivity index (χ0) is 17.2. The minimum atomic E-state index is -3.80. The molecule has 128 valence electrons. The lowest BCUT2D eigenvalue weighted by atomic mass is 10.2. The number of rotatable bonds is 5. The molecule has 0 saturated carbocycles. The monoisotopic (exact) mass is 396 g/mol. The molecule has 0 bridgehead atoms. The Bertz CT molecular complexity index is 695. The molecule has 5 nitrogen and oxygen atoms in total. The van der Waals surface area contributed by atoms with E-state index in [-0.39, 0.29) is 26.7 Å². The maximum absolute atomic E-state index is 12.8. The van der Waals surface area contributed by atoms with Crippen LogP contribution < -0.4 is 5.32 Å². The predicted octanol–water partition coefficient (Wildman–Crippen LogP) is 2.83. The number of thioether (sulfide) groups is 1. The third-order valence-corrected chi connectivity index (χ3v) is 7.09. The summed E-state index contributed by atoms with van der Waals surface area (Å²) in [6.07, 6.45) is 0. The van der Waals surface area contributed by atoms with Gasteiger partial charge in [-0.15, -0.1) is 11.8 Å². The zero-order valence-corrected chi connectivity index (χ0v) is 15.9. The van der Waals surface area contributed by atoms with Gasteiger partial charge in [-0.3, -0.25) is 4.79 Å². The second-order valence-corrected chi connectivity index (χ2v) is 9.33. The molecule has 1 aliphatic rings. The van der Waals surface area contributed by atoms with Crippen molar-refractivity contribution in [2.24, 2.45) is 5.92 Å². The first-order valence-electron chi connectivity index (χ1n) is 7.06. The molecule has 1 unspecified atom stereocenters. The first-order valence-corrected chi connectivity index (χ1v) is 10.4. The molecule has 1 heterocycles. The highest BCUT2D eigenvalue weighted by Crippen LogP contribution is 2.31. The lowest BCUT2D eigenvalue weighted by Gasteiger charge is -2.23. The number of halogens is 2. The van der Waals surface area contributed by atoms with Crippen LogP contribution in [0.25, 0.3) is 0 Å². The molecule has 0 radical (unpaired) electrons. The molecular weight excluding hydrogens is 379 g/mol. The summed E-state index contributed by atoms with van der Waals surface area (Å²) >= 11 is 13.2. The van der Waals surface area contributed by atoms with Gasteiger partial charge in [-0.1, -0.05) is 37.0 Å². The van der Waals surface area contributed by atoms with Gasteiger partial charge in [0.05, 0.1) is 20.8 Å². The van der Waals surface area contributed by atoms with Crippen molar-refractivity contribution < 1.29 is 13.2 Å². The normalized spacial score (nSPS) is 19.3. The molecule has 23 heavy (non-hydrogen) atoms. The average molecular weight is 397 g/mol. The average Bonchev–Trinajstić information content (AvgIpc) is 2.97. The van der Waals surface area contributed by atoms with E-state index in [1.54, 1.807) is 0 Å². The Morgan fingerprint density at radius 3 is 2.70 bits per heavy atom. The first-order chi connectivity index (χ1) is 10.7. The van der Waals surface area contributed by atoms with Crippen molar-refractivity contribution in [3.8, 4) is 0 Å². The highest BCUT2D eigenvalue weighted by molar-refractivity contribution is 8.00.